The van der Waals surface area contributed by atoms with E-state index in [1.165, 1.54) is 24.2 Å². The second-order valence-corrected chi connectivity index (χ2v) is 5.78. The molecule has 0 spiro atoms. The lowest BCUT2D eigenvalue weighted by Gasteiger charge is -2.01. The second-order valence-electron chi connectivity index (χ2n) is 4.92. The second kappa shape index (κ2) is 5.63. The van der Waals surface area contributed by atoms with Crippen LogP contribution in [0, 0.1) is 5.92 Å². The topological polar surface area (TPSA) is 51.2 Å². The van der Waals surface area contributed by atoms with Crippen molar-refractivity contribution in [3.05, 3.63) is 35.3 Å². The molecule has 1 aliphatic carbocycles. The number of nitrogens with one attached hydrogen (secondary N) is 1. The fourth-order valence-electron chi connectivity index (χ4n) is 1.89. The molecule has 1 aliphatic rings. The van der Waals surface area contributed by atoms with E-state index < -0.39 is 0 Å². The molecule has 5 heteroatoms. The van der Waals surface area contributed by atoms with E-state index in [1.54, 1.807) is 7.11 Å². The van der Waals surface area contributed by atoms with E-state index in [4.69, 9.17) is 4.74 Å². The third-order valence-electron chi connectivity index (χ3n) is 3.32. The maximum absolute atomic E-state index is 11.9. The van der Waals surface area contributed by atoms with E-state index in [0.717, 1.165) is 22.9 Å². The molecule has 1 amide bonds. The first-order valence-corrected chi connectivity index (χ1v) is 7.52. The number of amides is 1. The first kappa shape index (κ1) is 13.1. The number of rotatable bonds is 5. The minimum atomic E-state index is -0.0760. The summed E-state index contributed by atoms with van der Waals surface area (Å²) in [5, 5.41) is 5.59. The summed E-state index contributed by atoms with van der Waals surface area (Å²) in [6.07, 6.45) is 2.46. The van der Waals surface area contributed by atoms with Crippen molar-refractivity contribution in [3.63, 3.8) is 0 Å². The lowest BCUT2D eigenvalue weighted by Crippen LogP contribution is -2.25. The van der Waals surface area contributed by atoms with Crippen molar-refractivity contribution in [2.24, 2.45) is 5.92 Å². The number of hydrogen-bond donors (Lipinski definition) is 1. The van der Waals surface area contributed by atoms with Crippen LogP contribution in [-0.2, 0) is 0 Å². The van der Waals surface area contributed by atoms with Crippen LogP contribution in [0.25, 0.3) is 10.6 Å². The van der Waals surface area contributed by atoms with E-state index in [0.29, 0.717) is 11.6 Å². The molecule has 1 fully saturated rings. The molecule has 3 rings (SSSR count). The zero-order valence-corrected chi connectivity index (χ0v) is 12.1. The average molecular weight is 288 g/mol. The van der Waals surface area contributed by atoms with Crippen LogP contribution in [0.2, 0.25) is 0 Å². The minimum absolute atomic E-state index is 0.0760. The molecule has 1 N–H and O–H groups in total. The van der Waals surface area contributed by atoms with Gasteiger partial charge in [-0.1, -0.05) is 0 Å². The summed E-state index contributed by atoms with van der Waals surface area (Å²) in [5.41, 5.74) is 1.50. The number of carbonyl (C=O) groups excluding carboxylic acids is 1. The Hall–Kier alpha value is -1.88. The van der Waals surface area contributed by atoms with Gasteiger partial charge in [0.15, 0.2) is 0 Å². The first-order chi connectivity index (χ1) is 9.76. The molecule has 0 radical (unpaired) electrons. The number of benzene rings is 1. The van der Waals surface area contributed by atoms with Crippen LogP contribution < -0.4 is 10.1 Å². The Morgan fingerprint density at radius 3 is 2.80 bits per heavy atom. The molecule has 0 bridgehead atoms. The summed E-state index contributed by atoms with van der Waals surface area (Å²) >= 11 is 1.48. The Kier molecular flexibility index (Phi) is 3.69. The van der Waals surface area contributed by atoms with Gasteiger partial charge in [0.25, 0.3) is 5.91 Å². The van der Waals surface area contributed by atoms with Crippen LogP contribution >= 0.6 is 11.3 Å². The molecule has 0 saturated heterocycles. The van der Waals surface area contributed by atoms with Gasteiger partial charge < -0.3 is 10.1 Å². The molecule has 1 aromatic heterocycles. The third kappa shape index (κ3) is 2.99. The van der Waals surface area contributed by atoms with E-state index in [2.05, 4.69) is 10.3 Å². The van der Waals surface area contributed by atoms with Crippen molar-refractivity contribution >= 4 is 17.2 Å². The van der Waals surface area contributed by atoms with Gasteiger partial charge in [0.05, 0.1) is 7.11 Å². The molecular weight excluding hydrogens is 272 g/mol. The fraction of sp³-hybridized carbons (Fsp3) is 0.333. The minimum Gasteiger partial charge on any atom is -0.497 e. The Bertz CT molecular complexity index is 603. The van der Waals surface area contributed by atoms with E-state index in [9.17, 15) is 4.79 Å². The van der Waals surface area contributed by atoms with Crippen molar-refractivity contribution < 1.29 is 9.53 Å². The number of aromatic nitrogens is 1. The Morgan fingerprint density at radius 1 is 1.40 bits per heavy atom. The van der Waals surface area contributed by atoms with Crippen molar-refractivity contribution in [1.82, 2.24) is 10.3 Å². The van der Waals surface area contributed by atoms with Crippen LogP contribution in [0.15, 0.2) is 29.6 Å². The predicted octanol–water partition coefficient (Wildman–Crippen LogP) is 2.96. The monoisotopic (exact) mass is 288 g/mol. The van der Waals surface area contributed by atoms with Crippen LogP contribution in [0.3, 0.4) is 0 Å². The highest BCUT2D eigenvalue weighted by Crippen LogP contribution is 2.28. The van der Waals surface area contributed by atoms with Gasteiger partial charge in [-0.15, -0.1) is 11.3 Å². The van der Waals surface area contributed by atoms with Crippen molar-refractivity contribution in [1.29, 1.82) is 0 Å². The van der Waals surface area contributed by atoms with Crippen LogP contribution in [-0.4, -0.2) is 24.5 Å². The fourth-order valence-corrected chi connectivity index (χ4v) is 2.70. The Labute approximate surface area is 121 Å². The Balaban J connectivity index is 1.69. The molecule has 4 nitrogen and oxygen atoms in total. The van der Waals surface area contributed by atoms with Gasteiger partial charge in [-0.2, -0.15) is 0 Å². The lowest BCUT2D eigenvalue weighted by atomic mass is 10.2. The number of hydrogen-bond acceptors (Lipinski definition) is 4. The van der Waals surface area contributed by atoms with Crippen molar-refractivity contribution in [2.75, 3.05) is 13.7 Å². The third-order valence-corrected chi connectivity index (χ3v) is 4.21. The number of ether oxygens (including phenoxy) is 1. The van der Waals surface area contributed by atoms with E-state index >= 15 is 0 Å². The summed E-state index contributed by atoms with van der Waals surface area (Å²) in [6.45, 7) is 0.772. The normalized spacial score (nSPS) is 14.1. The highest BCUT2D eigenvalue weighted by molar-refractivity contribution is 7.13. The molecule has 104 valence electrons. The van der Waals surface area contributed by atoms with Crippen LogP contribution in [0.5, 0.6) is 5.75 Å². The highest BCUT2D eigenvalue weighted by Gasteiger charge is 2.22. The largest absolute Gasteiger partial charge is 0.497 e. The smallest absolute Gasteiger partial charge is 0.270 e. The molecule has 20 heavy (non-hydrogen) atoms. The molecule has 2 aromatic rings. The van der Waals surface area contributed by atoms with Crippen molar-refractivity contribution in [3.8, 4) is 16.3 Å². The highest BCUT2D eigenvalue weighted by atomic mass is 32.1. The zero-order valence-electron chi connectivity index (χ0n) is 11.3. The Morgan fingerprint density at radius 2 is 2.15 bits per heavy atom. The van der Waals surface area contributed by atoms with Gasteiger partial charge in [0.1, 0.15) is 16.5 Å². The van der Waals surface area contributed by atoms with Gasteiger partial charge in [0, 0.05) is 17.5 Å². The maximum atomic E-state index is 11.9. The van der Waals surface area contributed by atoms with Gasteiger partial charge in [0.2, 0.25) is 0 Å². The summed E-state index contributed by atoms with van der Waals surface area (Å²) in [6, 6.07) is 7.68. The van der Waals surface area contributed by atoms with Gasteiger partial charge in [-0.3, -0.25) is 4.79 Å². The summed E-state index contributed by atoms with van der Waals surface area (Å²) in [7, 11) is 1.64. The van der Waals surface area contributed by atoms with Gasteiger partial charge in [-0.05, 0) is 43.0 Å². The standard InChI is InChI=1S/C15H16N2O2S/c1-19-12-6-4-11(5-7-12)15-17-13(9-20-15)14(18)16-8-10-2-3-10/h4-7,9-10H,2-3,8H2,1H3,(H,16,18). The van der Waals surface area contributed by atoms with Crippen molar-refractivity contribution in [2.45, 2.75) is 12.8 Å². The van der Waals surface area contributed by atoms with Gasteiger partial charge >= 0.3 is 0 Å². The average Bonchev–Trinajstić information content (AvgIpc) is 3.19. The first-order valence-electron chi connectivity index (χ1n) is 6.64. The van der Waals surface area contributed by atoms with E-state index in [1.807, 2.05) is 29.6 Å². The molecule has 1 saturated carbocycles. The zero-order chi connectivity index (χ0) is 13.9. The summed E-state index contributed by atoms with van der Waals surface area (Å²) < 4.78 is 5.13. The van der Waals surface area contributed by atoms with Crippen LogP contribution in [0.4, 0.5) is 0 Å². The SMILES string of the molecule is COc1ccc(-c2nc(C(=O)NCC3CC3)cs2)cc1. The van der Waals surface area contributed by atoms with Gasteiger partial charge in [-0.25, -0.2) is 4.98 Å². The van der Waals surface area contributed by atoms with E-state index in [-0.39, 0.29) is 5.91 Å². The number of nitrogens with zero attached hydrogens (tertiary/aromatic N) is 1. The molecule has 0 aliphatic heterocycles. The molecule has 0 unspecified atom stereocenters. The predicted molar refractivity (Wildman–Crippen MR) is 79.2 cm³/mol. The number of methoxy groups -OCH3 is 1. The summed E-state index contributed by atoms with van der Waals surface area (Å²) in [4.78, 5) is 16.3. The number of thiazole rings is 1. The lowest BCUT2D eigenvalue weighted by molar-refractivity contribution is 0.0947. The quantitative estimate of drug-likeness (QED) is 0.920. The molecule has 1 heterocycles. The number of carbonyl (C=O) groups is 1. The maximum Gasteiger partial charge on any atom is 0.270 e. The molecule has 0 atom stereocenters. The van der Waals surface area contributed by atoms with Crippen LogP contribution in [0.1, 0.15) is 23.3 Å². The molecular formula is C15H16N2O2S. The summed E-state index contributed by atoms with van der Waals surface area (Å²) in [5.74, 6) is 1.42. The molecule has 1 aromatic carbocycles.